The molecule has 0 radical (unpaired) electrons. The predicted molar refractivity (Wildman–Crippen MR) is 79.4 cm³/mol. The molecule has 4 nitrogen and oxygen atoms in total. The van der Waals surface area contributed by atoms with Gasteiger partial charge in [-0.2, -0.15) is 8.42 Å². The lowest BCUT2D eigenvalue weighted by Crippen LogP contribution is -2.04. The maximum Gasteiger partial charge on any atom is 0.294 e. The molecule has 0 aromatic heterocycles. The number of nitrogens with one attached hydrogen (secondary N) is 1. The lowest BCUT2D eigenvalue weighted by atomic mass is 10.1. The van der Waals surface area contributed by atoms with E-state index in [0.29, 0.717) is 6.54 Å². The molecule has 0 fully saturated rings. The van der Waals surface area contributed by atoms with Crippen molar-refractivity contribution >= 4 is 15.8 Å². The second-order valence-electron chi connectivity index (χ2n) is 4.49. The first kappa shape index (κ1) is 14.6. The van der Waals surface area contributed by atoms with Gasteiger partial charge >= 0.3 is 0 Å². The van der Waals surface area contributed by atoms with Gasteiger partial charge in [-0.15, -0.1) is 0 Å². The molecule has 2 N–H and O–H groups in total. The Hall–Kier alpha value is -1.85. The van der Waals surface area contributed by atoms with E-state index in [1.165, 1.54) is 17.7 Å². The second kappa shape index (κ2) is 6.07. The number of hydrogen-bond acceptors (Lipinski definition) is 3. The molecule has 0 aliphatic heterocycles. The maximum atomic E-state index is 11.1. The Bertz CT molecular complexity index is 696. The van der Waals surface area contributed by atoms with E-state index in [2.05, 4.69) is 18.3 Å². The molecular formula is C15H17NO3S. The fourth-order valence-electron chi connectivity index (χ4n) is 2.01. The van der Waals surface area contributed by atoms with E-state index in [1.54, 1.807) is 6.07 Å². The van der Waals surface area contributed by atoms with Crippen LogP contribution in [0.3, 0.4) is 0 Å². The van der Waals surface area contributed by atoms with Gasteiger partial charge in [0.2, 0.25) is 0 Å². The molecule has 0 heterocycles. The first-order valence-electron chi connectivity index (χ1n) is 6.39. The molecule has 0 atom stereocenters. The van der Waals surface area contributed by atoms with Gasteiger partial charge in [-0.05, 0) is 35.7 Å². The maximum absolute atomic E-state index is 11.1. The molecule has 20 heavy (non-hydrogen) atoms. The van der Waals surface area contributed by atoms with Gasteiger partial charge < -0.3 is 5.32 Å². The minimum Gasteiger partial charge on any atom is -0.381 e. The zero-order valence-corrected chi connectivity index (χ0v) is 12.0. The third kappa shape index (κ3) is 3.59. The molecule has 0 saturated carbocycles. The van der Waals surface area contributed by atoms with E-state index in [4.69, 9.17) is 4.55 Å². The number of hydrogen-bond donors (Lipinski definition) is 2. The summed E-state index contributed by atoms with van der Waals surface area (Å²) in [5.41, 5.74) is 3.04. The van der Waals surface area contributed by atoms with Crippen LogP contribution in [0.4, 0.5) is 5.69 Å². The average molecular weight is 291 g/mol. The zero-order valence-electron chi connectivity index (χ0n) is 11.2. The van der Waals surface area contributed by atoms with Crippen molar-refractivity contribution in [2.24, 2.45) is 0 Å². The lowest BCUT2D eigenvalue weighted by molar-refractivity contribution is 0.483. The van der Waals surface area contributed by atoms with E-state index in [0.717, 1.165) is 17.7 Å². The van der Waals surface area contributed by atoms with Crippen molar-refractivity contribution in [1.29, 1.82) is 0 Å². The minimum atomic E-state index is -4.15. The molecule has 0 bridgehead atoms. The van der Waals surface area contributed by atoms with Crippen LogP contribution in [0.15, 0.2) is 53.4 Å². The summed E-state index contributed by atoms with van der Waals surface area (Å²) in [6.45, 7) is 2.58. The van der Waals surface area contributed by atoms with Crippen LogP contribution in [-0.4, -0.2) is 13.0 Å². The van der Waals surface area contributed by atoms with Crippen molar-refractivity contribution in [2.75, 3.05) is 5.32 Å². The molecular weight excluding hydrogens is 274 g/mol. The Labute approximate surface area is 119 Å². The smallest absolute Gasteiger partial charge is 0.294 e. The monoisotopic (exact) mass is 291 g/mol. The molecule has 0 aliphatic rings. The molecule has 0 saturated heterocycles. The van der Waals surface area contributed by atoms with Crippen LogP contribution in [0.2, 0.25) is 0 Å². The van der Waals surface area contributed by atoms with Gasteiger partial charge in [-0.25, -0.2) is 0 Å². The summed E-state index contributed by atoms with van der Waals surface area (Å²) in [7, 11) is -4.15. The highest BCUT2D eigenvalue weighted by molar-refractivity contribution is 7.85. The van der Waals surface area contributed by atoms with Crippen molar-refractivity contribution in [1.82, 2.24) is 0 Å². The summed E-state index contributed by atoms with van der Waals surface area (Å²) in [6.07, 6.45) is 0.925. The van der Waals surface area contributed by atoms with Gasteiger partial charge in [-0.1, -0.05) is 37.3 Å². The number of rotatable bonds is 5. The summed E-state index contributed by atoms with van der Waals surface area (Å²) in [5, 5.41) is 3.28. The van der Waals surface area contributed by atoms with Crippen LogP contribution >= 0.6 is 0 Å². The standard InChI is InChI=1S/C15H17NO3S/c1-2-13-7-3-4-9-15(13)16-11-12-6-5-8-14(10-12)20(17,18)19/h3-10,16H,2,11H2,1H3,(H,17,18,19). The molecule has 0 amide bonds. The number of aryl methyl sites for hydroxylation is 1. The van der Waals surface area contributed by atoms with Crippen molar-refractivity contribution in [3.8, 4) is 0 Å². The van der Waals surface area contributed by atoms with Gasteiger partial charge in [0.15, 0.2) is 0 Å². The third-order valence-corrected chi connectivity index (χ3v) is 3.93. The van der Waals surface area contributed by atoms with Crippen LogP contribution in [0.1, 0.15) is 18.1 Å². The first-order valence-corrected chi connectivity index (χ1v) is 7.83. The quantitative estimate of drug-likeness (QED) is 0.831. The summed E-state index contributed by atoms with van der Waals surface area (Å²) in [6, 6.07) is 14.3. The molecule has 2 aromatic carbocycles. The van der Waals surface area contributed by atoms with Gasteiger partial charge in [0.25, 0.3) is 10.1 Å². The summed E-state index contributed by atoms with van der Waals surface area (Å²) in [4.78, 5) is -0.0828. The Morgan fingerprint density at radius 1 is 1.10 bits per heavy atom. The Morgan fingerprint density at radius 3 is 2.55 bits per heavy atom. The zero-order chi connectivity index (χ0) is 14.6. The number of para-hydroxylation sites is 1. The topological polar surface area (TPSA) is 66.4 Å². The van der Waals surface area contributed by atoms with E-state index >= 15 is 0 Å². The summed E-state index contributed by atoms with van der Waals surface area (Å²) < 4.78 is 31.2. The van der Waals surface area contributed by atoms with E-state index in [9.17, 15) is 8.42 Å². The van der Waals surface area contributed by atoms with Gasteiger partial charge in [0, 0.05) is 12.2 Å². The van der Waals surface area contributed by atoms with Crippen LogP contribution in [-0.2, 0) is 23.1 Å². The highest BCUT2D eigenvalue weighted by Gasteiger charge is 2.09. The normalized spacial score (nSPS) is 11.3. The van der Waals surface area contributed by atoms with Crippen LogP contribution in [0, 0.1) is 0 Å². The van der Waals surface area contributed by atoms with E-state index in [1.807, 2.05) is 24.3 Å². The predicted octanol–water partition coefficient (Wildman–Crippen LogP) is 3.11. The molecule has 106 valence electrons. The van der Waals surface area contributed by atoms with Crippen LogP contribution in [0.25, 0.3) is 0 Å². The third-order valence-electron chi connectivity index (χ3n) is 3.08. The van der Waals surface area contributed by atoms with Gasteiger partial charge in [0.1, 0.15) is 0 Å². The molecule has 2 aromatic rings. The highest BCUT2D eigenvalue weighted by atomic mass is 32.2. The molecule has 2 rings (SSSR count). The van der Waals surface area contributed by atoms with Crippen molar-refractivity contribution < 1.29 is 13.0 Å². The van der Waals surface area contributed by atoms with Crippen molar-refractivity contribution in [2.45, 2.75) is 24.8 Å². The van der Waals surface area contributed by atoms with E-state index < -0.39 is 10.1 Å². The largest absolute Gasteiger partial charge is 0.381 e. The number of anilines is 1. The summed E-state index contributed by atoms with van der Waals surface area (Å²) >= 11 is 0. The van der Waals surface area contributed by atoms with Gasteiger partial charge in [0.05, 0.1) is 4.90 Å². The van der Waals surface area contributed by atoms with Crippen molar-refractivity contribution in [3.05, 3.63) is 59.7 Å². The Balaban J connectivity index is 2.15. The Kier molecular flexibility index (Phi) is 4.42. The first-order chi connectivity index (χ1) is 9.50. The molecule has 0 aliphatic carbocycles. The molecule has 0 unspecified atom stereocenters. The SMILES string of the molecule is CCc1ccccc1NCc1cccc(S(=O)(=O)O)c1. The fourth-order valence-corrected chi connectivity index (χ4v) is 2.57. The summed E-state index contributed by atoms with van der Waals surface area (Å²) in [5.74, 6) is 0. The van der Waals surface area contributed by atoms with E-state index in [-0.39, 0.29) is 4.90 Å². The fraction of sp³-hybridized carbons (Fsp3) is 0.200. The lowest BCUT2D eigenvalue weighted by Gasteiger charge is -2.11. The van der Waals surface area contributed by atoms with Crippen molar-refractivity contribution in [3.63, 3.8) is 0 Å². The average Bonchev–Trinajstić information content (AvgIpc) is 2.45. The minimum absolute atomic E-state index is 0.0828. The highest BCUT2D eigenvalue weighted by Crippen LogP contribution is 2.17. The second-order valence-corrected chi connectivity index (χ2v) is 5.91. The van der Waals surface area contributed by atoms with Gasteiger partial charge in [-0.3, -0.25) is 4.55 Å². The van der Waals surface area contributed by atoms with Crippen LogP contribution < -0.4 is 5.32 Å². The molecule has 5 heteroatoms. The number of benzene rings is 2. The molecule has 0 spiro atoms. The van der Waals surface area contributed by atoms with Crippen LogP contribution in [0.5, 0.6) is 0 Å². The Morgan fingerprint density at radius 2 is 1.85 bits per heavy atom.